The average molecular weight is 270 g/mol. The highest BCUT2D eigenvalue weighted by molar-refractivity contribution is 5.20. The summed E-state index contributed by atoms with van der Waals surface area (Å²) in [5.74, 6) is 0.675. The number of rotatable bonds is 7. The third-order valence-electron chi connectivity index (χ3n) is 3.39. The van der Waals surface area contributed by atoms with Crippen molar-refractivity contribution in [1.82, 2.24) is 9.88 Å². The predicted octanol–water partition coefficient (Wildman–Crippen LogP) is 3.54. The molecule has 1 atom stereocenters. The highest BCUT2D eigenvalue weighted by Crippen LogP contribution is 2.21. The van der Waals surface area contributed by atoms with Crippen LogP contribution in [0.1, 0.15) is 25.5 Å². The second-order valence-electron chi connectivity index (χ2n) is 4.67. The molecular weight excluding hydrogens is 248 g/mol. The minimum Gasteiger partial charge on any atom is -0.468 e. The zero-order valence-corrected chi connectivity index (χ0v) is 12.2. The van der Waals surface area contributed by atoms with E-state index in [0.717, 1.165) is 19.6 Å². The maximum absolute atomic E-state index is 6.08. The van der Waals surface area contributed by atoms with Crippen LogP contribution >= 0.6 is 0 Å². The molecule has 0 spiro atoms. The fraction of sp³-hybridized carbons (Fsp3) is 0.353. The molecule has 1 heterocycles. The van der Waals surface area contributed by atoms with Crippen LogP contribution in [0.2, 0.25) is 0 Å². The Kier molecular flexibility index (Phi) is 5.56. The molecule has 0 saturated carbocycles. The molecule has 0 N–H and O–H groups in total. The zero-order valence-electron chi connectivity index (χ0n) is 12.2. The maximum atomic E-state index is 6.08. The number of pyridine rings is 1. The number of nitrogens with zero attached hydrogens (tertiary/aromatic N) is 2. The van der Waals surface area contributed by atoms with Crippen molar-refractivity contribution in [2.45, 2.75) is 20.0 Å². The molecule has 0 saturated heterocycles. The van der Waals surface area contributed by atoms with E-state index in [9.17, 15) is 0 Å². The van der Waals surface area contributed by atoms with Gasteiger partial charge in [-0.1, -0.05) is 50.2 Å². The van der Waals surface area contributed by atoms with E-state index in [4.69, 9.17) is 4.74 Å². The molecule has 2 rings (SSSR count). The second kappa shape index (κ2) is 7.65. The fourth-order valence-electron chi connectivity index (χ4n) is 2.16. The van der Waals surface area contributed by atoms with E-state index in [2.05, 4.69) is 35.9 Å². The van der Waals surface area contributed by atoms with Gasteiger partial charge in [-0.2, -0.15) is 0 Å². The van der Waals surface area contributed by atoms with E-state index < -0.39 is 0 Å². The largest absolute Gasteiger partial charge is 0.468 e. The average Bonchev–Trinajstić information content (AvgIpc) is 2.53. The van der Waals surface area contributed by atoms with Gasteiger partial charge in [-0.05, 0) is 24.7 Å². The lowest BCUT2D eigenvalue weighted by atomic mass is 10.1. The second-order valence-corrected chi connectivity index (χ2v) is 4.67. The summed E-state index contributed by atoms with van der Waals surface area (Å²) in [4.78, 5) is 6.62. The summed E-state index contributed by atoms with van der Waals surface area (Å²) in [5.41, 5.74) is 1.19. The molecule has 0 radical (unpaired) electrons. The molecule has 2 aromatic rings. The summed E-state index contributed by atoms with van der Waals surface area (Å²) >= 11 is 0. The van der Waals surface area contributed by atoms with Gasteiger partial charge in [0.1, 0.15) is 6.10 Å². The van der Waals surface area contributed by atoms with Crippen molar-refractivity contribution < 1.29 is 4.74 Å². The summed E-state index contributed by atoms with van der Waals surface area (Å²) in [5, 5.41) is 0. The Morgan fingerprint density at radius 3 is 2.30 bits per heavy atom. The molecule has 0 bridgehead atoms. The Balaban J connectivity index is 2.16. The first-order valence-electron chi connectivity index (χ1n) is 7.18. The van der Waals surface area contributed by atoms with E-state index in [1.54, 1.807) is 6.20 Å². The monoisotopic (exact) mass is 270 g/mol. The Morgan fingerprint density at radius 2 is 1.70 bits per heavy atom. The van der Waals surface area contributed by atoms with Crippen molar-refractivity contribution in [2.24, 2.45) is 0 Å². The molecule has 0 aliphatic carbocycles. The summed E-state index contributed by atoms with van der Waals surface area (Å²) in [6.07, 6.45) is 1.76. The van der Waals surface area contributed by atoms with Crippen molar-refractivity contribution in [1.29, 1.82) is 0 Å². The van der Waals surface area contributed by atoms with E-state index in [1.165, 1.54) is 5.56 Å². The quantitative estimate of drug-likeness (QED) is 0.769. The van der Waals surface area contributed by atoms with Gasteiger partial charge in [-0.3, -0.25) is 4.90 Å². The van der Waals surface area contributed by atoms with Gasteiger partial charge in [-0.15, -0.1) is 0 Å². The highest BCUT2D eigenvalue weighted by Gasteiger charge is 2.16. The SMILES string of the molecule is CCN(CC)CC(Oc1ccccn1)c1ccccc1. The summed E-state index contributed by atoms with van der Waals surface area (Å²) in [7, 11) is 0. The third kappa shape index (κ3) is 4.07. The Morgan fingerprint density at radius 1 is 1.00 bits per heavy atom. The molecular formula is C17H22N2O. The molecule has 3 heteroatoms. The van der Waals surface area contributed by atoms with E-state index >= 15 is 0 Å². The first-order chi connectivity index (χ1) is 9.83. The summed E-state index contributed by atoms with van der Waals surface area (Å²) < 4.78 is 6.08. The van der Waals surface area contributed by atoms with Crippen LogP contribution in [0.15, 0.2) is 54.7 Å². The lowest BCUT2D eigenvalue weighted by Crippen LogP contribution is -2.30. The molecule has 0 aliphatic rings. The van der Waals surface area contributed by atoms with Gasteiger partial charge >= 0.3 is 0 Å². The van der Waals surface area contributed by atoms with Gasteiger partial charge in [0.2, 0.25) is 5.88 Å². The third-order valence-corrected chi connectivity index (χ3v) is 3.39. The molecule has 3 nitrogen and oxygen atoms in total. The Bertz CT molecular complexity index is 483. The fourth-order valence-corrected chi connectivity index (χ4v) is 2.16. The number of hydrogen-bond acceptors (Lipinski definition) is 3. The van der Waals surface area contributed by atoms with Crippen LogP contribution in [-0.2, 0) is 0 Å². The van der Waals surface area contributed by atoms with Gasteiger partial charge in [-0.25, -0.2) is 4.98 Å². The van der Waals surface area contributed by atoms with Crippen LogP contribution < -0.4 is 4.74 Å². The normalized spacial score (nSPS) is 12.3. The van der Waals surface area contributed by atoms with Crippen molar-refractivity contribution in [3.8, 4) is 5.88 Å². The zero-order chi connectivity index (χ0) is 14.2. The number of aromatic nitrogens is 1. The van der Waals surface area contributed by atoms with Crippen LogP contribution in [0, 0.1) is 0 Å². The summed E-state index contributed by atoms with van der Waals surface area (Å²) in [6.45, 7) is 7.25. The van der Waals surface area contributed by atoms with Crippen molar-refractivity contribution in [2.75, 3.05) is 19.6 Å². The van der Waals surface area contributed by atoms with Crippen LogP contribution in [-0.4, -0.2) is 29.5 Å². The van der Waals surface area contributed by atoms with E-state index in [0.29, 0.717) is 5.88 Å². The molecule has 1 unspecified atom stereocenters. The molecule has 20 heavy (non-hydrogen) atoms. The van der Waals surface area contributed by atoms with Crippen LogP contribution in [0.4, 0.5) is 0 Å². The number of ether oxygens (including phenoxy) is 1. The van der Waals surface area contributed by atoms with Gasteiger partial charge in [0.05, 0.1) is 0 Å². The van der Waals surface area contributed by atoms with Crippen molar-refractivity contribution in [3.05, 3.63) is 60.3 Å². The van der Waals surface area contributed by atoms with E-state index in [1.807, 2.05) is 36.4 Å². The topological polar surface area (TPSA) is 25.4 Å². The minimum atomic E-state index is 0.00556. The van der Waals surface area contributed by atoms with E-state index in [-0.39, 0.29) is 6.10 Å². The smallest absolute Gasteiger partial charge is 0.213 e. The standard InChI is InChI=1S/C17H22N2O/c1-3-19(4-2)14-16(15-10-6-5-7-11-15)20-17-12-8-9-13-18-17/h5-13,16H,3-4,14H2,1-2H3. The number of hydrogen-bond donors (Lipinski definition) is 0. The minimum absolute atomic E-state index is 0.00556. The maximum Gasteiger partial charge on any atom is 0.213 e. The van der Waals surface area contributed by atoms with Crippen molar-refractivity contribution in [3.63, 3.8) is 0 Å². The molecule has 1 aromatic carbocycles. The number of benzene rings is 1. The van der Waals surface area contributed by atoms with Gasteiger partial charge in [0.25, 0.3) is 0 Å². The Hall–Kier alpha value is -1.87. The van der Waals surface area contributed by atoms with Crippen LogP contribution in [0.5, 0.6) is 5.88 Å². The molecule has 0 aliphatic heterocycles. The first kappa shape index (κ1) is 14.5. The Labute approximate surface area is 121 Å². The van der Waals surface area contributed by atoms with Crippen LogP contribution in [0.25, 0.3) is 0 Å². The predicted molar refractivity (Wildman–Crippen MR) is 81.8 cm³/mol. The van der Waals surface area contributed by atoms with Crippen LogP contribution in [0.3, 0.4) is 0 Å². The van der Waals surface area contributed by atoms with Gasteiger partial charge in [0.15, 0.2) is 0 Å². The molecule has 0 fully saturated rings. The molecule has 1 aromatic heterocycles. The molecule has 0 amide bonds. The van der Waals surface area contributed by atoms with Gasteiger partial charge < -0.3 is 4.74 Å². The number of likely N-dealkylation sites (N-methyl/N-ethyl adjacent to an activating group) is 1. The first-order valence-corrected chi connectivity index (χ1v) is 7.18. The summed E-state index contributed by atoms with van der Waals surface area (Å²) in [6, 6.07) is 16.1. The lowest BCUT2D eigenvalue weighted by molar-refractivity contribution is 0.135. The van der Waals surface area contributed by atoms with Gasteiger partial charge in [0, 0.05) is 18.8 Å². The lowest BCUT2D eigenvalue weighted by Gasteiger charge is -2.26. The highest BCUT2D eigenvalue weighted by atomic mass is 16.5. The molecule has 106 valence electrons. The van der Waals surface area contributed by atoms with Crippen molar-refractivity contribution >= 4 is 0 Å².